The van der Waals surface area contributed by atoms with Gasteiger partial charge in [-0.1, -0.05) is 38.1 Å². The Bertz CT molecular complexity index is 1280. The summed E-state index contributed by atoms with van der Waals surface area (Å²) >= 11 is 0. The van der Waals surface area contributed by atoms with E-state index >= 15 is 0 Å². The topological polar surface area (TPSA) is 38.8 Å². The molecular weight excluding hydrogens is 512 g/mol. The van der Waals surface area contributed by atoms with E-state index in [1.165, 1.54) is 25.3 Å². The van der Waals surface area contributed by atoms with Gasteiger partial charge in [0.25, 0.3) is 0 Å². The number of hydrogen-bond donors (Lipinski definition) is 0. The van der Waals surface area contributed by atoms with Gasteiger partial charge in [-0.25, -0.2) is 4.79 Å². The van der Waals surface area contributed by atoms with Crippen LogP contribution >= 0.6 is 0 Å². The van der Waals surface area contributed by atoms with E-state index in [0.717, 1.165) is 41.8 Å². The van der Waals surface area contributed by atoms with Gasteiger partial charge in [0.1, 0.15) is 5.75 Å². The van der Waals surface area contributed by atoms with E-state index in [-0.39, 0.29) is 30.1 Å². The molecule has 0 atom stereocenters. The molecule has 0 aliphatic carbocycles. The van der Waals surface area contributed by atoms with Crippen molar-refractivity contribution in [3.8, 4) is 16.9 Å². The lowest BCUT2D eigenvalue weighted by Gasteiger charge is -2.25. The first kappa shape index (κ1) is 28.9. The van der Waals surface area contributed by atoms with Crippen molar-refractivity contribution in [2.75, 3.05) is 14.2 Å². The highest BCUT2D eigenvalue weighted by atomic mass is 19.4. The number of benzene rings is 3. The van der Waals surface area contributed by atoms with Crippen LogP contribution in [0.1, 0.15) is 47.6 Å². The average molecular weight is 540 g/mol. The van der Waals surface area contributed by atoms with Crippen molar-refractivity contribution >= 4 is 6.09 Å². The van der Waals surface area contributed by atoms with Crippen LogP contribution in [-0.2, 0) is 30.2 Å². The van der Waals surface area contributed by atoms with E-state index in [2.05, 4.69) is 0 Å². The standard InChI is InChI=1S/C28H27F6NO3/c1-17(2)19-8-11-25(37-3)24(14-19)23-10-9-22(28(32,33)34)13-20(23)16-35(26(36)38-4)15-18-6-5-7-21(12-18)27(29,30)31/h5-14,17H,15-16H2,1-4H3. The maximum absolute atomic E-state index is 13.6. The summed E-state index contributed by atoms with van der Waals surface area (Å²) < 4.78 is 90.8. The molecule has 3 rings (SSSR count). The number of alkyl halides is 6. The van der Waals surface area contributed by atoms with Crippen LogP contribution in [0.25, 0.3) is 11.1 Å². The molecular formula is C28H27F6NO3. The van der Waals surface area contributed by atoms with Gasteiger partial charge in [0.05, 0.1) is 25.3 Å². The summed E-state index contributed by atoms with van der Waals surface area (Å²) in [6.07, 6.45) is -10.2. The molecule has 1 amide bonds. The van der Waals surface area contributed by atoms with E-state index < -0.39 is 29.6 Å². The van der Waals surface area contributed by atoms with Crippen LogP contribution in [0.15, 0.2) is 60.7 Å². The van der Waals surface area contributed by atoms with Crippen LogP contribution in [0.2, 0.25) is 0 Å². The van der Waals surface area contributed by atoms with E-state index in [0.29, 0.717) is 16.9 Å². The molecule has 0 aliphatic heterocycles. The SMILES string of the molecule is COC(=O)N(Cc1cccc(C(F)(F)F)c1)Cc1cc(C(F)(F)F)ccc1-c1cc(C(C)C)ccc1OC. The molecule has 0 heterocycles. The van der Waals surface area contributed by atoms with Crippen LogP contribution in [0.5, 0.6) is 5.75 Å². The predicted molar refractivity (Wildman–Crippen MR) is 131 cm³/mol. The van der Waals surface area contributed by atoms with E-state index in [9.17, 15) is 31.1 Å². The Morgan fingerprint density at radius 1 is 0.816 bits per heavy atom. The number of carbonyl (C=O) groups excluding carboxylic acids is 1. The minimum atomic E-state index is -4.66. The number of carbonyl (C=O) groups is 1. The highest BCUT2D eigenvalue weighted by Crippen LogP contribution is 2.39. The maximum atomic E-state index is 13.6. The third-order valence-electron chi connectivity index (χ3n) is 6.03. The maximum Gasteiger partial charge on any atom is 0.416 e. The molecule has 4 nitrogen and oxygen atoms in total. The molecule has 204 valence electrons. The van der Waals surface area contributed by atoms with Crippen molar-refractivity contribution in [3.63, 3.8) is 0 Å². The minimum absolute atomic E-state index is 0.116. The number of rotatable bonds is 7. The van der Waals surface area contributed by atoms with Crippen molar-refractivity contribution < 1.29 is 40.6 Å². The average Bonchev–Trinajstić information content (AvgIpc) is 2.86. The van der Waals surface area contributed by atoms with Crippen molar-refractivity contribution in [3.05, 3.63) is 88.5 Å². The summed E-state index contributed by atoms with van der Waals surface area (Å²) in [5.41, 5.74) is 0.241. The summed E-state index contributed by atoms with van der Waals surface area (Å²) in [5, 5.41) is 0. The van der Waals surface area contributed by atoms with Crippen LogP contribution < -0.4 is 4.74 Å². The Hall–Kier alpha value is -3.69. The summed E-state index contributed by atoms with van der Waals surface area (Å²) in [6.45, 7) is 3.24. The molecule has 0 aliphatic rings. The van der Waals surface area contributed by atoms with E-state index in [1.54, 1.807) is 6.07 Å². The lowest BCUT2D eigenvalue weighted by Crippen LogP contribution is -2.30. The quantitative estimate of drug-likeness (QED) is 0.284. The summed E-state index contributed by atoms with van der Waals surface area (Å²) in [6, 6.07) is 12.9. The zero-order valence-corrected chi connectivity index (χ0v) is 21.2. The molecule has 3 aromatic carbocycles. The lowest BCUT2D eigenvalue weighted by atomic mass is 9.92. The second-order valence-electron chi connectivity index (χ2n) is 9.01. The number of amides is 1. The van der Waals surface area contributed by atoms with Gasteiger partial charge in [-0.05, 0) is 64.6 Å². The third-order valence-corrected chi connectivity index (χ3v) is 6.03. The summed E-state index contributed by atoms with van der Waals surface area (Å²) in [7, 11) is 2.52. The Morgan fingerprint density at radius 2 is 1.47 bits per heavy atom. The van der Waals surface area contributed by atoms with Crippen molar-refractivity contribution in [2.45, 2.75) is 45.2 Å². The molecule has 0 radical (unpaired) electrons. The Morgan fingerprint density at radius 3 is 2.05 bits per heavy atom. The fourth-order valence-corrected chi connectivity index (χ4v) is 4.04. The van der Waals surface area contributed by atoms with Crippen LogP contribution in [0, 0.1) is 0 Å². The molecule has 0 fully saturated rings. The predicted octanol–water partition coefficient (Wildman–Crippen LogP) is 8.29. The number of nitrogens with zero attached hydrogens (tertiary/aromatic N) is 1. The van der Waals surface area contributed by atoms with Gasteiger partial charge in [0, 0.05) is 18.7 Å². The second kappa shape index (κ2) is 11.4. The smallest absolute Gasteiger partial charge is 0.416 e. The zero-order valence-electron chi connectivity index (χ0n) is 21.2. The second-order valence-corrected chi connectivity index (χ2v) is 9.01. The van der Waals surface area contributed by atoms with Gasteiger partial charge in [-0.3, -0.25) is 4.90 Å². The van der Waals surface area contributed by atoms with Crippen molar-refractivity contribution in [1.82, 2.24) is 4.90 Å². The highest BCUT2D eigenvalue weighted by Gasteiger charge is 2.33. The molecule has 3 aromatic rings. The lowest BCUT2D eigenvalue weighted by molar-refractivity contribution is -0.138. The fourth-order valence-electron chi connectivity index (χ4n) is 4.04. The third kappa shape index (κ3) is 6.79. The Balaban J connectivity index is 2.13. The van der Waals surface area contributed by atoms with E-state index in [1.807, 2.05) is 26.0 Å². The Kier molecular flexibility index (Phi) is 8.64. The van der Waals surface area contributed by atoms with Crippen molar-refractivity contribution in [2.24, 2.45) is 0 Å². The van der Waals surface area contributed by atoms with Gasteiger partial charge in [0.15, 0.2) is 0 Å². The van der Waals surface area contributed by atoms with Gasteiger partial charge in [-0.2, -0.15) is 26.3 Å². The zero-order chi connectivity index (χ0) is 28.3. The molecule has 0 bridgehead atoms. The number of ether oxygens (including phenoxy) is 2. The van der Waals surface area contributed by atoms with Crippen molar-refractivity contribution in [1.29, 1.82) is 0 Å². The molecule has 0 unspecified atom stereocenters. The van der Waals surface area contributed by atoms with Crippen LogP contribution in [0.3, 0.4) is 0 Å². The fraction of sp³-hybridized carbons (Fsp3) is 0.321. The molecule has 0 saturated carbocycles. The molecule has 0 N–H and O–H groups in total. The van der Waals surface area contributed by atoms with Gasteiger partial charge in [-0.15, -0.1) is 0 Å². The number of methoxy groups -OCH3 is 2. The molecule has 0 saturated heterocycles. The molecule has 38 heavy (non-hydrogen) atoms. The van der Waals surface area contributed by atoms with Crippen LogP contribution in [0.4, 0.5) is 31.1 Å². The van der Waals surface area contributed by atoms with Gasteiger partial charge >= 0.3 is 18.4 Å². The summed E-state index contributed by atoms with van der Waals surface area (Å²) in [4.78, 5) is 13.7. The minimum Gasteiger partial charge on any atom is -0.496 e. The van der Waals surface area contributed by atoms with Gasteiger partial charge < -0.3 is 9.47 Å². The normalized spacial score (nSPS) is 12.0. The first-order valence-electron chi connectivity index (χ1n) is 11.6. The largest absolute Gasteiger partial charge is 0.496 e. The molecule has 0 spiro atoms. The summed E-state index contributed by atoms with van der Waals surface area (Å²) in [5.74, 6) is 0.530. The van der Waals surface area contributed by atoms with Gasteiger partial charge in [0.2, 0.25) is 0 Å². The van der Waals surface area contributed by atoms with Crippen LogP contribution in [-0.4, -0.2) is 25.2 Å². The Labute approximate surface area is 216 Å². The number of halogens is 6. The first-order valence-corrected chi connectivity index (χ1v) is 11.6. The number of hydrogen-bond acceptors (Lipinski definition) is 3. The molecule has 10 heteroatoms. The van der Waals surface area contributed by atoms with E-state index in [4.69, 9.17) is 9.47 Å². The first-order chi connectivity index (χ1) is 17.7. The monoisotopic (exact) mass is 539 g/mol. The molecule has 0 aromatic heterocycles. The highest BCUT2D eigenvalue weighted by molar-refractivity contribution is 5.76.